The second-order valence-corrected chi connectivity index (χ2v) is 7.49. The molecule has 0 aromatic carbocycles. The lowest BCUT2D eigenvalue weighted by Gasteiger charge is -2.05. The van der Waals surface area contributed by atoms with E-state index >= 15 is 0 Å². The van der Waals surface area contributed by atoms with Crippen LogP contribution in [0.5, 0.6) is 11.6 Å². The van der Waals surface area contributed by atoms with Gasteiger partial charge in [-0.2, -0.15) is 0 Å². The van der Waals surface area contributed by atoms with Crippen molar-refractivity contribution >= 4 is 22.5 Å². The lowest BCUT2D eigenvalue weighted by atomic mass is 10.3. The number of rotatable bonds is 8. The molecule has 1 fully saturated rings. The van der Waals surface area contributed by atoms with Crippen molar-refractivity contribution in [1.82, 2.24) is 15.3 Å². The third-order valence-corrected chi connectivity index (χ3v) is 5.13. The molecule has 1 aliphatic rings. The largest absolute Gasteiger partial charge is 0.491 e. The monoisotopic (exact) mass is 416 g/mol. The van der Waals surface area contributed by atoms with Crippen LogP contribution < -0.4 is 20.1 Å². The molecule has 154 valence electrons. The summed E-state index contributed by atoms with van der Waals surface area (Å²) in [6.45, 7) is 3.60. The number of anilines is 1. The smallest absolute Gasteiger partial charge is 0.321 e. The van der Waals surface area contributed by atoms with Crippen LogP contribution in [-0.2, 0) is 4.74 Å². The highest BCUT2D eigenvalue weighted by Crippen LogP contribution is 2.28. The first-order chi connectivity index (χ1) is 14.1. The number of nitrogens with one attached hydrogen (secondary N) is 2. The number of amides is 2. The molecule has 2 aromatic rings. The number of ether oxygens (including phenoxy) is 3. The highest BCUT2D eigenvalue weighted by atomic mass is 32.1. The summed E-state index contributed by atoms with van der Waals surface area (Å²) in [4.78, 5) is 21.4. The maximum Gasteiger partial charge on any atom is 0.321 e. The standard InChI is InChI=1S/C20H24N4O4S/c1-13-17(9-7-15-6-8-16(26-2)18(23-15)27-3)29-20(22-13)24-19(25)21-10-11-28-12-14-4-5-14/h6,8,14H,4-5,10-12H2,1-3H3,(H2,21,22,24,25). The number of hydrogen-bond acceptors (Lipinski definition) is 7. The van der Waals surface area contributed by atoms with E-state index in [2.05, 4.69) is 32.4 Å². The van der Waals surface area contributed by atoms with Gasteiger partial charge < -0.3 is 19.5 Å². The summed E-state index contributed by atoms with van der Waals surface area (Å²) in [7, 11) is 3.08. The first-order valence-corrected chi connectivity index (χ1v) is 10.1. The topological polar surface area (TPSA) is 94.6 Å². The van der Waals surface area contributed by atoms with Gasteiger partial charge in [0.1, 0.15) is 10.6 Å². The molecule has 0 unspecified atom stereocenters. The fourth-order valence-corrected chi connectivity index (χ4v) is 3.21. The quantitative estimate of drug-likeness (QED) is 0.508. The molecule has 2 amide bonds. The Hall–Kier alpha value is -2.83. The second kappa shape index (κ2) is 10.1. The molecule has 1 saturated carbocycles. The number of carbonyl (C=O) groups excluding carboxylic acids is 1. The zero-order chi connectivity index (χ0) is 20.6. The van der Waals surface area contributed by atoms with Crippen LogP contribution >= 0.6 is 11.3 Å². The lowest BCUT2D eigenvalue weighted by molar-refractivity contribution is 0.127. The fourth-order valence-electron chi connectivity index (χ4n) is 2.40. The van der Waals surface area contributed by atoms with Gasteiger partial charge in [-0.15, -0.1) is 0 Å². The van der Waals surface area contributed by atoms with Gasteiger partial charge in [-0.1, -0.05) is 11.3 Å². The number of aromatic nitrogens is 2. The number of thiazole rings is 1. The maximum absolute atomic E-state index is 12.0. The average Bonchev–Trinajstić information content (AvgIpc) is 3.48. The number of nitrogens with zero attached hydrogens (tertiary/aromatic N) is 2. The van der Waals surface area contributed by atoms with Gasteiger partial charge in [-0.05, 0) is 49.7 Å². The van der Waals surface area contributed by atoms with Crippen molar-refractivity contribution in [1.29, 1.82) is 0 Å². The van der Waals surface area contributed by atoms with E-state index in [0.29, 0.717) is 35.6 Å². The molecule has 2 heterocycles. The summed E-state index contributed by atoms with van der Waals surface area (Å²) in [6, 6.07) is 3.19. The number of aryl methyl sites for hydroxylation is 1. The van der Waals surface area contributed by atoms with Gasteiger partial charge in [0.05, 0.1) is 26.5 Å². The van der Waals surface area contributed by atoms with Crippen molar-refractivity contribution in [3.63, 3.8) is 0 Å². The normalized spacial score (nSPS) is 12.7. The van der Waals surface area contributed by atoms with Crippen molar-refractivity contribution in [3.05, 3.63) is 28.4 Å². The van der Waals surface area contributed by atoms with Crippen molar-refractivity contribution < 1.29 is 19.0 Å². The number of hydrogen-bond donors (Lipinski definition) is 2. The Balaban J connectivity index is 1.53. The number of pyridine rings is 1. The SMILES string of the molecule is COc1ccc(C#Cc2sc(NC(=O)NCCOCC3CC3)nc2C)nc1OC. The average molecular weight is 417 g/mol. The fraction of sp³-hybridized carbons (Fsp3) is 0.450. The molecule has 0 spiro atoms. The van der Waals surface area contributed by atoms with Crippen LogP contribution in [-0.4, -0.2) is 50.0 Å². The first-order valence-electron chi connectivity index (χ1n) is 9.30. The molecule has 0 radical (unpaired) electrons. The minimum Gasteiger partial charge on any atom is -0.491 e. The van der Waals surface area contributed by atoms with Crippen LogP contribution in [0.4, 0.5) is 9.93 Å². The maximum atomic E-state index is 12.0. The summed E-state index contributed by atoms with van der Waals surface area (Å²) >= 11 is 1.31. The van der Waals surface area contributed by atoms with Gasteiger partial charge in [-0.3, -0.25) is 5.32 Å². The van der Waals surface area contributed by atoms with E-state index in [4.69, 9.17) is 14.2 Å². The Morgan fingerprint density at radius 3 is 2.79 bits per heavy atom. The van der Waals surface area contributed by atoms with E-state index in [1.165, 1.54) is 31.3 Å². The molecular weight excluding hydrogens is 392 g/mol. The summed E-state index contributed by atoms with van der Waals surface area (Å²) in [5, 5.41) is 5.97. The van der Waals surface area contributed by atoms with Gasteiger partial charge in [0.2, 0.25) is 0 Å². The molecule has 9 heteroatoms. The molecule has 29 heavy (non-hydrogen) atoms. The van der Waals surface area contributed by atoms with E-state index in [9.17, 15) is 4.79 Å². The third-order valence-electron chi connectivity index (χ3n) is 4.14. The number of methoxy groups -OCH3 is 2. The van der Waals surface area contributed by atoms with Gasteiger partial charge in [-0.25, -0.2) is 14.8 Å². The molecule has 0 aliphatic heterocycles. The van der Waals surface area contributed by atoms with E-state index in [1.54, 1.807) is 19.2 Å². The lowest BCUT2D eigenvalue weighted by Crippen LogP contribution is -2.31. The van der Waals surface area contributed by atoms with Crippen LogP contribution in [0.1, 0.15) is 29.1 Å². The minimum atomic E-state index is -0.310. The zero-order valence-corrected chi connectivity index (χ0v) is 17.5. The van der Waals surface area contributed by atoms with Crippen LogP contribution in [0.2, 0.25) is 0 Å². The minimum absolute atomic E-state index is 0.310. The Morgan fingerprint density at radius 2 is 2.07 bits per heavy atom. The molecule has 2 aromatic heterocycles. The van der Waals surface area contributed by atoms with E-state index < -0.39 is 0 Å². The van der Waals surface area contributed by atoms with E-state index in [0.717, 1.165) is 23.1 Å². The molecule has 1 aliphatic carbocycles. The Labute approximate surface area is 174 Å². The van der Waals surface area contributed by atoms with Crippen molar-refractivity contribution in [2.45, 2.75) is 19.8 Å². The van der Waals surface area contributed by atoms with Crippen molar-refractivity contribution in [2.75, 3.05) is 39.3 Å². The van der Waals surface area contributed by atoms with Gasteiger partial charge in [0, 0.05) is 13.2 Å². The zero-order valence-electron chi connectivity index (χ0n) is 16.7. The second-order valence-electron chi connectivity index (χ2n) is 6.49. The van der Waals surface area contributed by atoms with Crippen LogP contribution in [0.15, 0.2) is 12.1 Å². The molecule has 0 atom stereocenters. The van der Waals surface area contributed by atoms with E-state index in [-0.39, 0.29) is 6.03 Å². The predicted octanol–water partition coefficient (Wildman–Crippen LogP) is 2.81. The Bertz CT molecular complexity index is 915. The Morgan fingerprint density at radius 1 is 1.24 bits per heavy atom. The highest BCUT2D eigenvalue weighted by molar-refractivity contribution is 7.16. The molecule has 8 nitrogen and oxygen atoms in total. The Kier molecular flexibility index (Phi) is 7.27. The summed E-state index contributed by atoms with van der Waals surface area (Å²) in [5.74, 6) is 7.67. The molecular formula is C20H24N4O4S. The van der Waals surface area contributed by atoms with E-state index in [1.807, 2.05) is 6.92 Å². The molecule has 0 saturated heterocycles. The molecule has 2 N–H and O–H groups in total. The van der Waals surface area contributed by atoms with Gasteiger partial charge >= 0.3 is 6.03 Å². The van der Waals surface area contributed by atoms with Crippen molar-refractivity contribution in [3.8, 4) is 23.5 Å². The van der Waals surface area contributed by atoms with Crippen molar-refractivity contribution in [2.24, 2.45) is 5.92 Å². The first kappa shape index (κ1) is 20.9. The summed E-state index contributed by atoms with van der Waals surface area (Å²) < 4.78 is 15.8. The van der Waals surface area contributed by atoms with Crippen LogP contribution in [0, 0.1) is 24.7 Å². The number of carbonyl (C=O) groups is 1. The summed E-state index contributed by atoms with van der Waals surface area (Å²) in [5.41, 5.74) is 1.29. The number of urea groups is 1. The third kappa shape index (κ3) is 6.34. The van der Waals surface area contributed by atoms with Crippen LogP contribution in [0.25, 0.3) is 0 Å². The summed E-state index contributed by atoms with van der Waals surface area (Å²) in [6.07, 6.45) is 2.51. The van der Waals surface area contributed by atoms with Gasteiger partial charge in [0.15, 0.2) is 10.9 Å². The predicted molar refractivity (Wildman–Crippen MR) is 111 cm³/mol. The molecule has 3 rings (SSSR count). The highest BCUT2D eigenvalue weighted by Gasteiger charge is 2.20. The molecule has 0 bridgehead atoms. The van der Waals surface area contributed by atoms with Crippen LogP contribution in [0.3, 0.4) is 0 Å². The van der Waals surface area contributed by atoms with Gasteiger partial charge in [0.25, 0.3) is 5.88 Å².